The molecule has 0 amide bonds. The van der Waals surface area contributed by atoms with Gasteiger partial charge in [-0.25, -0.2) is 19.2 Å². The molecule has 6 rings (SSSR count). The summed E-state index contributed by atoms with van der Waals surface area (Å²) in [5, 5.41) is 11.7. The Morgan fingerprint density at radius 3 is 2.12 bits per heavy atom. The molecule has 43 heavy (non-hydrogen) atoms. The summed E-state index contributed by atoms with van der Waals surface area (Å²) >= 11 is 0. The first kappa shape index (κ1) is 30.3. The zero-order valence-corrected chi connectivity index (χ0v) is 23.4. The Morgan fingerprint density at radius 2 is 1.51 bits per heavy atom. The van der Waals surface area contributed by atoms with Crippen LogP contribution >= 0.6 is 0 Å². The Hall–Kier alpha value is -4.19. The zero-order valence-electron chi connectivity index (χ0n) is 23.4. The van der Waals surface area contributed by atoms with Crippen LogP contribution in [0.1, 0.15) is 38.5 Å². The van der Waals surface area contributed by atoms with Gasteiger partial charge < -0.3 is 24.5 Å². The van der Waals surface area contributed by atoms with Gasteiger partial charge in [-0.3, -0.25) is 0 Å². The fraction of sp³-hybridized carbons (Fsp3) is 0.387. The molecule has 12 heteroatoms. The molecule has 4 aromatic rings. The van der Waals surface area contributed by atoms with Crippen molar-refractivity contribution < 1.29 is 36.6 Å². The molecule has 1 aliphatic carbocycles. The van der Waals surface area contributed by atoms with Crippen molar-refractivity contribution in [3.63, 3.8) is 0 Å². The number of ether oxygens (including phenoxy) is 1. The minimum atomic E-state index is -5.08. The number of morpholine rings is 1. The van der Waals surface area contributed by atoms with E-state index in [4.69, 9.17) is 19.1 Å². The van der Waals surface area contributed by atoms with Gasteiger partial charge in [0.1, 0.15) is 23.7 Å². The van der Waals surface area contributed by atoms with Crippen molar-refractivity contribution >= 4 is 28.6 Å². The number of furan rings is 1. The summed E-state index contributed by atoms with van der Waals surface area (Å²) < 4.78 is 57.5. The number of rotatable bonds is 5. The van der Waals surface area contributed by atoms with Crippen LogP contribution in [0.25, 0.3) is 33.6 Å². The monoisotopic (exact) mass is 600 g/mol. The molecule has 2 aromatic carbocycles. The molecular formula is C31H32F4N4O4. The molecule has 3 heterocycles. The second-order valence-corrected chi connectivity index (χ2v) is 10.5. The van der Waals surface area contributed by atoms with Crippen LogP contribution in [-0.2, 0) is 9.53 Å². The van der Waals surface area contributed by atoms with E-state index < -0.39 is 12.1 Å². The van der Waals surface area contributed by atoms with E-state index in [1.165, 1.54) is 37.8 Å². The molecule has 0 radical (unpaired) electrons. The fourth-order valence-corrected chi connectivity index (χ4v) is 5.40. The number of carbonyl (C=O) groups is 1. The van der Waals surface area contributed by atoms with Gasteiger partial charge in [-0.15, -0.1) is 0 Å². The highest BCUT2D eigenvalue weighted by molar-refractivity contribution is 6.06. The molecule has 2 N–H and O–H groups in total. The third-order valence-electron chi connectivity index (χ3n) is 7.57. The summed E-state index contributed by atoms with van der Waals surface area (Å²) in [6, 6.07) is 15.4. The minimum Gasteiger partial charge on any atom is -0.475 e. The minimum absolute atomic E-state index is 0.268. The van der Waals surface area contributed by atoms with Gasteiger partial charge in [0.15, 0.2) is 0 Å². The number of hydrogen-bond acceptors (Lipinski definition) is 7. The highest BCUT2D eigenvalue weighted by Crippen LogP contribution is 2.43. The van der Waals surface area contributed by atoms with E-state index in [2.05, 4.69) is 44.5 Å². The topological polar surface area (TPSA) is 101 Å². The lowest BCUT2D eigenvalue weighted by Gasteiger charge is -2.28. The summed E-state index contributed by atoms with van der Waals surface area (Å²) in [5.74, 6) is -1.52. The molecule has 1 aliphatic heterocycles. The Morgan fingerprint density at radius 1 is 0.907 bits per heavy atom. The first-order valence-corrected chi connectivity index (χ1v) is 14.2. The molecule has 228 valence electrons. The number of alkyl halides is 3. The molecule has 0 atom stereocenters. The van der Waals surface area contributed by atoms with E-state index in [0.717, 1.165) is 78.5 Å². The lowest BCUT2D eigenvalue weighted by Crippen LogP contribution is -2.36. The van der Waals surface area contributed by atoms with Crippen LogP contribution in [-0.4, -0.2) is 59.6 Å². The zero-order chi connectivity index (χ0) is 30.4. The number of aromatic nitrogens is 2. The van der Waals surface area contributed by atoms with Gasteiger partial charge in [0.2, 0.25) is 5.71 Å². The first-order valence-electron chi connectivity index (χ1n) is 14.2. The summed E-state index contributed by atoms with van der Waals surface area (Å²) in [6.45, 7) is 3.26. The fourth-order valence-electron chi connectivity index (χ4n) is 5.40. The van der Waals surface area contributed by atoms with Crippen LogP contribution < -0.4 is 10.2 Å². The second-order valence-electron chi connectivity index (χ2n) is 10.5. The van der Waals surface area contributed by atoms with E-state index >= 15 is 0 Å². The van der Waals surface area contributed by atoms with E-state index in [1.54, 1.807) is 18.5 Å². The maximum absolute atomic E-state index is 13.8. The van der Waals surface area contributed by atoms with Gasteiger partial charge in [0.25, 0.3) is 0 Å². The van der Waals surface area contributed by atoms with Crippen molar-refractivity contribution in [2.75, 3.05) is 36.5 Å². The molecule has 2 aromatic heterocycles. The number of halogens is 4. The molecule has 0 unspecified atom stereocenters. The third-order valence-corrected chi connectivity index (χ3v) is 7.57. The van der Waals surface area contributed by atoms with E-state index in [-0.39, 0.29) is 5.82 Å². The van der Waals surface area contributed by atoms with Crippen LogP contribution in [0.5, 0.6) is 0 Å². The van der Waals surface area contributed by atoms with Crippen LogP contribution in [0, 0.1) is 5.82 Å². The summed E-state index contributed by atoms with van der Waals surface area (Å²) in [6.07, 6.45) is 3.76. The van der Waals surface area contributed by atoms with E-state index in [1.807, 2.05) is 0 Å². The lowest BCUT2D eigenvalue weighted by molar-refractivity contribution is -0.192. The predicted molar refractivity (Wildman–Crippen MR) is 154 cm³/mol. The number of carboxylic acids is 1. The van der Waals surface area contributed by atoms with Crippen molar-refractivity contribution in [1.29, 1.82) is 0 Å². The van der Waals surface area contributed by atoms with Crippen LogP contribution in [0.3, 0.4) is 0 Å². The largest absolute Gasteiger partial charge is 0.490 e. The number of fused-ring (bicyclic) bond motifs is 1. The number of carboxylic acid groups (broad SMARTS) is 1. The molecule has 0 bridgehead atoms. The van der Waals surface area contributed by atoms with Crippen molar-refractivity contribution in [3.8, 4) is 22.5 Å². The molecule has 1 saturated heterocycles. The van der Waals surface area contributed by atoms with Gasteiger partial charge in [-0.05, 0) is 54.8 Å². The number of anilines is 2. The average molecular weight is 601 g/mol. The highest BCUT2D eigenvalue weighted by Gasteiger charge is 2.38. The summed E-state index contributed by atoms with van der Waals surface area (Å²) in [7, 11) is 0. The Kier molecular flexibility index (Phi) is 9.44. The van der Waals surface area contributed by atoms with Gasteiger partial charge in [-0.2, -0.15) is 13.2 Å². The number of aliphatic carboxylic acids is 1. The average Bonchev–Trinajstić information content (AvgIpc) is 3.21. The Labute approximate surface area is 245 Å². The highest BCUT2D eigenvalue weighted by atomic mass is 19.4. The standard InChI is InChI=1S/C29H31FN4O2.C2HF3O2/c30-22-11-7-20(8-12-22)25-26-28(33-23-5-3-1-2-4-6-23)31-19-32-29(26)36-27(25)21-9-13-24(14-10-21)34-15-17-35-18-16-34;3-2(4,5)1(6)7/h7-14,19,23H,1-6,15-18H2,(H,31,32,33);(H,6,7). The van der Waals surface area contributed by atoms with Crippen molar-refractivity contribution in [2.24, 2.45) is 0 Å². The van der Waals surface area contributed by atoms with E-state index in [9.17, 15) is 17.6 Å². The molecule has 8 nitrogen and oxygen atoms in total. The van der Waals surface area contributed by atoms with Crippen molar-refractivity contribution in [3.05, 3.63) is 60.7 Å². The number of hydrogen-bond donors (Lipinski definition) is 2. The van der Waals surface area contributed by atoms with Gasteiger partial charge >= 0.3 is 12.1 Å². The van der Waals surface area contributed by atoms with Crippen LogP contribution in [0.2, 0.25) is 0 Å². The van der Waals surface area contributed by atoms with Gasteiger partial charge in [-0.1, -0.05) is 37.8 Å². The second kappa shape index (κ2) is 13.4. The van der Waals surface area contributed by atoms with Crippen molar-refractivity contribution in [1.82, 2.24) is 9.97 Å². The first-order chi connectivity index (χ1) is 20.7. The van der Waals surface area contributed by atoms with Crippen molar-refractivity contribution in [2.45, 2.75) is 50.7 Å². The lowest BCUT2D eigenvalue weighted by atomic mass is 9.98. The molecule has 0 spiro atoms. The quantitative estimate of drug-likeness (QED) is 0.182. The molecule has 2 aliphatic rings. The maximum atomic E-state index is 13.8. The Balaban J connectivity index is 0.000000472. The smallest absolute Gasteiger partial charge is 0.475 e. The third kappa shape index (κ3) is 7.42. The summed E-state index contributed by atoms with van der Waals surface area (Å²) in [5.41, 5.74) is 4.41. The molecule has 1 saturated carbocycles. The predicted octanol–water partition coefficient (Wildman–Crippen LogP) is 7.30. The number of benzene rings is 2. The maximum Gasteiger partial charge on any atom is 0.490 e. The normalized spacial score (nSPS) is 16.3. The van der Waals surface area contributed by atoms with Gasteiger partial charge in [0.05, 0.1) is 18.6 Å². The summed E-state index contributed by atoms with van der Waals surface area (Å²) in [4.78, 5) is 20.3. The molecular weight excluding hydrogens is 568 g/mol. The van der Waals surface area contributed by atoms with Crippen LogP contribution in [0.4, 0.5) is 29.1 Å². The SMILES string of the molecule is Fc1ccc(-c2c(-c3ccc(N4CCOCC4)cc3)oc3ncnc(NC4CCCCCC4)c23)cc1.O=C(O)C(F)(F)F. The van der Waals surface area contributed by atoms with Gasteiger partial charge in [0, 0.05) is 35.9 Å². The number of nitrogens with one attached hydrogen (secondary N) is 1. The Bertz CT molecular complexity index is 1510. The van der Waals surface area contributed by atoms with E-state index in [0.29, 0.717) is 11.8 Å². The number of nitrogens with zero attached hydrogens (tertiary/aromatic N) is 3. The molecule has 2 fully saturated rings. The van der Waals surface area contributed by atoms with Crippen LogP contribution in [0.15, 0.2) is 59.3 Å².